The molecule has 77 heavy (non-hydrogen) atoms. The lowest BCUT2D eigenvalue weighted by atomic mass is 9.84. The number of aromatic nitrogens is 2. The molecular weight excluding hydrogens is 1090 g/mol. The van der Waals surface area contributed by atoms with Crippen LogP contribution in [0.4, 0.5) is 5.69 Å². The Morgan fingerprint density at radius 3 is 2.27 bits per heavy atom. The number of piperidine rings is 1. The number of carbonyl (C=O) groups excluding carboxylic acids is 5. The fraction of sp³-hybridized carbons (Fsp3) is 0.643. The lowest BCUT2D eigenvalue weighted by molar-refractivity contribution is -0.155. The van der Waals surface area contributed by atoms with Crippen LogP contribution in [0.5, 0.6) is 0 Å². The number of nitrogens with one attached hydrogen (secondary N) is 2. The van der Waals surface area contributed by atoms with Gasteiger partial charge in [-0.15, -0.1) is 0 Å². The molecule has 6 bridgehead atoms. The van der Waals surface area contributed by atoms with Crippen molar-refractivity contribution in [1.82, 2.24) is 40.0 Å². The quantitative estimate of drug-likeness (QED) is 0.169. The maximum atomic E-state index is 14.9. The largest absolute Gasteiger partial charge is 0.464 e. The minimum atomic E-state index is -0.930. The summed E-state index contributed by atoms with van der Waals surface area (Å²) in [5, 5.41) is 5.84. The molecule has 5 atom stereocenters. The SMILES string of the molecule is CCn1c(-c2cccnc2C(C)C)c2c3cc(ccc31)N1CCC[C@@H](C[C@H](NC(=O)[C@H](C(C)C)N(C)C(=O)[C@H]3CCN(C(=O)C#CC(C)(C)N4CCC4)C3)C(=O)N3CCC[C@H](N3)C(=O)OCC(C)(C)C2)C1.S.S.S.S.S.S. The van der Waals surface area contributed by atoms with E-state index in [4.69, 9.17) is 9.72 Å². The zero-order valence-corrected chi connectivity index (χ0v) is 53.1. The van der Waals surface area contributed by atoms with Crippen LogP contribution in [0.15, 0.2) is 36.5 Å². The lowest BCUT2D eigenvalue weighted by Gasteiger charge is -2.41. The number of carbonyl (C=O) groups is 5. The number of aryl methyl sites for hydroxylation is 1. The van der Waals surface area contributed by atoms with Crippen molar-refractivity contribution in [3.8, 4) is 23.1 Å². The van der Waals surface area contributed by atoms with E-state index >= 15 is 0 Å². The molecule has 432 valence electrons. The normalized spacial score (nSPS) is 21.8. The van der Waals surface area contributed by atoms with Crippen LogP contribution in [0.1, 0.15) is 124 Å². The molecule has 0 unspecified atom stereocenters. The van der Waals surface area contributed by atoms with Crippen LogP contribution in [0.3, 0.4) is 0 Å². The number of esters is 1. The maximum absolute atomic E-state index is 14.9. The number of anilines is 1. The van der Waals surface area contributed by atoms with Gasteiger partial charge in [0.15, 0.2) is 0 Å². The van der Waals surface area contributed by atoms with Crippen molar-refractivity contribution in [1.29, 1.82) is 0 Å². The first kappa shape index (κ1) is 69.7. The van der Waals surface area contributed by atoms with Gasteiger partial charge >= 0.3 is 5.97 Å². The van der Waals surface area contributed by atoms with Gasteiger partial charge in [0.1, 0.15) is 18.1 Å². The summed E-state index contributed by atoms with van der Waals surface area (Å²) in [5.74, 6) is 3.85. The molecule has 4 saturated heterocycles. The first-order valence-corrected chi connectivity index (χ1v) is 26.5. The summed E-state index contributed by atoms with van der Waals surface area (Å²) in [6.45, 7) is 24.1. The van der Waals surface area contributed by atoms with E-state index in [0.29, 0.717) is 51.7 Å². The van der Waals surface area contributed by atoms with E-state index in [2.05, 4.69) is 95.8 Å². The lowest BCUT2D eigenvalue weighted by Crippen LogP contribution is -2.62. The Labute approximate surface area is 500 Å². The van der Waals surface area contributed by atoms with E-state index in [9.17, 15) is 24.0 Å². The van der Waals surface area contributed by atoms with Gasteiger partial charge in [-0.1, -0.05) is 47.5 Å². The number of amides is 4. The number of hydrogen-bond acceptors (Lipinski definition) is 10. The van der Waals surface area contributed by atoms with Crippen LogP contribution >= 0.6 is 81.0 Å². The van der Waals surface area contributed by atoms with E-state index in [1.54, 1.807) is 11.9 Å². The molecule has 0 spiro atoms. The number of hydrazine groups is 1. The number of ether oxygens (including phenoxy) is 1. The minimum absolute atomic E-state index is 0. The van der Waals surface area contributed by atoms with Crippen molar-refractivity contribution in [3.63, 3.8) is 0 Å². The number of nitrogens with zero attached hydrogens (tertiary/aromatic N) is 7. The molecule has 4 fully saturated rings. The van der Waals surface area contributed by atoms with Gasteiger partial charge < -0.3 is 29.3 Å². The second-order valence-corrected chi connectivity index (χ2v) is 22.9. The summed E-state index contributed by atoms with van der Waals surface area (Å²) in [4.78, 5) is 83.8. The standard InChI is InChI=1S/C56H79N9O6.6H2S/c1-11-64-46-20-19-40-31-42(46)43(50(64)41-17-12-24-57-48(41)36(2)3)32-55(6,7)35-71-54(70)44-18-14-28-65(59-44)53(69)45(30-38-16-13-25-61(40)33-38)58-51(67)49(37(4)5)60(10)52(68)39-22-29-62(34-39)47(66)21-23-56(8,9)63-26-15-27-63;;;;;;/h12,17,19-20,24,31,36-39,44-45,49,59H,11,13-16,18,22,25-30,32-35H2,1-10H3,(H,58,67);6*1H2/t38-,39-,44-,45-,49-;;;;;;/m0....../s1. The Morgan fingerprint density at radius 2 is 1.62 bits per heavy atom. The highest BCUT2D eigenvalue weighted by Gasteiger charge is 2.41. The number of hydrogen-bond donors (Lipinski definition) is 2. The van der Waals surface area contributed by atoms with Gasteiger partial charge in [0.2, 0.25) is 11.8 Å². The van der Waals surface area contributed by atoms with Crippen molar-refractivity contribution < 1.29 is 28.7 Å². The van der Waals surface area contributed by atoms with Gasteiger partial charge in [-0.2, -0.15) is 81.0 Å². The van der Waals surface area contributed by atoms with E-state index < -0.39 is 46.9 Å². The van der Waals surface area contributed by atoms with Crippen LogP contribution in [0.2, 0.25) is 0 Å². The van der Waals surface area contributed by atoms with Gasteiger partial charge in [-0.05, 0) is 132 Å². The van der Waals surface area contributed by atoms with Crippen LogP contribution < -0.4 is 15.6 Å². The van der Waals surface area contributed by atoms with Gasteiger partial charge in [-0.25, -0.2) is 5.43 Å². The summed E-state index contributed by atoms with van der Waals surface area (Å²) in [7, 11) is 1.65. The fourth-order valence-corrected chi connectivity index (χ4v) is 11.7. The van der Waals surface area contributed by atoms with E-state index in [0.717, 1.165) is 79.0 Å². The third-order valence-corrected chi connectivity index (χ3v) is 15.8. The summed E-state index contributed by atoms with van der Waals surface area (Å²) in [6, 6.07) is 8.43. The average molecular weight is 1180 g/mol. The molecule has 7 heterocycles. The molecule has 21 heteroatoms. The van der Waals surface area contributed by atoms with Crippen LogP contribution in [0.25, 0.3) is 22.2 Å². The second kappa shape index (κ2) is 29.4. The number of cyclic esters (lactones) is 1. The highest BCUT2D eigenvalue weighted by atomic mass is 32.1. The summed E-state index contributed by atoms with van der Waals surface area (Å²) in [5.41, 5.74) is 9.13. The van der Waals surface area contributed by atoms with Gasteiger partial charge in [-0.3, -0.25) is 38.9 Å². The first-order chi connectivity index (χ1) is 33.8. The van der Waals surface area contributed by atoms with Crippen LogP contribution in [-0.2, 0) is 41.7 Å². The molecule has 2 N–H and O–H groups in total. The van der Waals surface area contributed by atoms with Crippen molar-refractivity contribution >= 4 is 127 Å². The summed E-state index contributed by atoms with van der Waals surface area (Å²) < 4.78 is 8.58. The second-order valence-electron chi connectivity index (χ2n) is 22.9. The third-order valence-electron chi connectivity index (χ3n) is 15.8. The van der Waals surface area contributed by atoms with Gasteiger partial charge in [0, 0.05) is 93.2 Å². The Balaban J connectivity index is 0.00000338. The van der Waals surface area contributed by atoms with E-state index in [-0.39, 0.29) is 130 Å². The molecule has 0 radical (unpaired) electrons. The van der Waals surface area contributed by atoms with Crippen molar-refractivity contribution in [2.75, 3.05) is 64.4 Å². The van der Waals surface area contributed by atoms with Gasteiger partial charge in [0.05, 0.1) is 29.5 Å². The average Bonchev–Trinajstić information content (AvgIpc) is 3.94. The Kier molecular flexibility index (Phi) is 26.6. The molecule has 8 rings (SSSR count). The molecule has 1 aromatic carbocycles. The minimum Gasteiger partial charge on any atom is -0.464 e. The molecule has 5 aliphatic rings. The van der Waals surface area contributed by atoms with Crippen LogP contribution in [0, 0.1) is 35.0 Å². The number of likely N-dealkylation sites (tertiary alicyclic amines) is 2. The molecule has 0 aliphatic carbocycles. The fourth-order valence-electron chi connectivity index (χ4n) is 11.7. The van der Waals surface area contributed by atoms with Crippen LogP contribution in [-0.4, -0.2) is 142 Å². The third kappa shape index (κ3) is 15.6. The highest BCUT2D eigenvalue weighted by Crippen LogP contribution is 2.42. The van der Waals surface area contributed by atoms with E-state index in [1.165, 1.54) is 15.5 Å². The predicted octanol–water partition coefficient (Wildman–Crippen LogP) is 7.06. The van der Waals surface area contributed by atoms with Crippen molar-refractivity contribution in [2.45, 2.75) is 150 Å². The number of benzene rings is 1. The monoisotopic (exact) mass is 1180 g/mol. The first-order valence-electron chi connectivity index (χ1n) is 26.5. The summed E-state index contributed by atoms with van der Waals surface area (Å²) in [6.07, 6.45) is 7.38. The molecule has 15 nitrogen and oxygen atoms in total. The van der Waals surface area contributed by atoms with Crippen molar-refractivity contribution in [3.05, 3.63) is 47.8 Å². The molecule has 4 amide bonds. The summed E-state index contributed by atoms with van der Waals surface area (Å²) >= 11 is 0. The Bertz CT molecular complexity index is 2580. The Hall–Kier alpha value is -3.36. The number of rotatable bonds is 9. The molecular formula is C56H91N9O6S6. The topological polar surface area (TPSA) is 153 Å². The number of pyridine rings is 1. The zero-order valence-electron chi connectivity index (χ0n) is 47.1. The van der Waals surface area contributed by atoms with E-state index in [1.807, 2.05) is 40.0 Å². The molecule has 3 aromatic rings. The van der Waals surface area contributed by atoms with Crippen molar-refractivity contribution in [2.24, 2.45) is 23.2 Å². The molecule has 0 saturated carbocycles. The number of likely N-dealkylation sites (N-methyl/N-ethyl adjacent to an activating group) is 1. The Morgan fingerprint density at radius 1 is 0.922 bits per heavy atom. The smallest absolute Gasteiger partial charge is 0.324 e. The maximum Gasteiger partial charge on any atom is 0.324 e. The predicted molar refractivity (Wildman–Crippen MR) is 339 cm³/mol. The molecule has 5 aliphatic heterocycles. The molecule has 2 aromatic heterocycles. The van der Waals surface area contributed by atoms with Gasteiger partial charge in [0.25, 0.3) is 11.8 Å². The zero-order chi connectivity index (χ0) is 50.9. The highest BCUT2D eigenvalue weighted by molar-refractivity contribution is 7.60. The number of fused-ring (bicyclic) bond motifs is 6.